The molecular weight excluding hydrogens is 288 g/mol. The molecule has 21 heavy (non-hydrogen) atoms. The predicted octanol–water partition coefficient (Wildman–Crippen LogP) is 1.45. The van der Waals surface area contributed by atoms with Gasteiger partial charge in [-0.3, -0.25) is 0 Å². The van der Waals surface area contributed by atoms with Crippen LogP contribution in [-0.2, 0) is 10.0 Å². The summed E-state index contributed by atoms with van der Waals surface area (Å²) in [6.45, 7) is 3.46. The average Bonchev–Trinajstić information content (AvgIpc) is 2.48. The highest BCUT2D eigenvalue weighted by atomic mass is 32.2. The maximum Gasteiger partial charge on any atom is 0.243 e. The van der Waals surface area contributed by atoms with Gasteiger partial charge in [0.2, 0.25) is 10.0 Å². The topological polar surface area (TPSA) is 72.6 Å². The summed E-state index contributed by atoms with van der Waals surface area (Å²) in [6.07, 6.45) is 6.71. The fourth-order valence-corrected chi connectivity index (χ4v) is 3.21. The van der Waals surface area contributed by atoms with Gasteiger partial charge in [0.25, 0.3) is 0 Å². The molecule has 2 N–H and O–H groups in total. The quantitative estimate of drug-likeness (QED) is 0.553. The van der Waals surface area contributed by atoms with Crippen LogP contribution in [-0.4, -0.2) is 39.0 Å². The number of hydrogen-bond acceptors (Lipinski definition) is 4. The minimum atomic E-state index is -3.55. The second-order valence-corrected chi connectivity index (χ2v) is 6.44. The van der Waals surface area contributed by atoms with Gasteiger partial charge in [0.15, 0.2) is 0 Å². The third kappa shape index (κ3) is 5.05. The first-order valence-electron chi connectivity index (χ1n) is 6.92. The van der Waals surface area contributed by atoms with E-state index in [1.165, 1.54) is 16.4 Å². The number of nitrogens with zero attached hydrogens (tertiary/aromatic N) is 1. The highest BCUT2D eigenvalue weighted by Gasteiger charge is 2.22. The Kier molecular flexibility index (Phi) is 7.23. The lowest BCUT2D eigenvalue weighted by molar-refractivity contribution is 0.313. The van der Waals surface area contributed by atoms with Gasteiger partial charge in [-0.05, 0) is 43.7 Å². The monoisotopic (exact) mass is 310 g/mol. The summed E-state index contributed by atoms with van der Waals surface area (Å²) in [5.41, 5.74) is 5.38. The van der Waals surface area contributed by atoms with Crippen LogP contribution in [0.15, 0.2) is 29.2 Å². The lowest BCUT2D eigenvalue weighted by atomic mass is 10.3. The van der Waals surface area contributed by atoms with Crippen molar-refractivity contribution in [1.29, 1.82) is 0 Å². The molecule has 1 aromatic carbocycles. The zero-order chi connectivity index (χ0) is 15.7. The summed E-state index contributed by atoms with van der Waals surface area (Å²) < 4.78 is 31.7. The van der Waals surface area contributed by atoms with Crippen LogP contribution in [0.4, 0.5) is 0 Å². The highest BCUT2D eigenvalue weighted by molar-refractivity contribution is 7.89. The van der Waals surface area contributed by atoms with E-state index in [4.69, 9.17) is 16.9 Å². The molecule has 0 fully saturated rings. The van der Waals surface area contributed by atoms with Crippen molar-refractivity contribution in [1.82, 2.24) is 4.31 Å². The SMILES string of the molecule is C#CCN(CCC)S(=O)(=O)c1ccc(OCCCN)cc1. The Balaban J connectivity index is 2.85. The minimum absolute atomic E-state index is 0.0743. The molecule has 0 amide bonds. The minimum Gasteiger partial charge on any atom is -0.494 e. The number of rotatable bonds is 9. The molecule has 0 radical (unpaired) electrons. The van der Waals surface area contributed by atoms with Gasteiger partial charge in [0, 0.05) is 6.54 Å². The molecule has 0 atom stereocenters. The largest absolute Gasteiger partial charge is 0.494 e. The molecule has 1 aromatic rings. The Labute approximate surface area is 127 Å². The molecule has 6 heteroatoms. The number of benzene rings is 1. The molecule has 0 aromatic heterocycles. The molecular formula is C15H22N2O3S. The van der Waals surface area contributed by atoms with Crippen LogP contribution in [0.2, 0.25) is 0 Å². The zero-order valence-electron chi connectivity index (χ0n) is 12.3. The van der Waals surface area contributed by atoms with Crippen LogP contribution < -0.4 is 10.5 Å². The molecule has 116 valence electrons. The normalized spacial score (nSPS) is 11.3. The van der Waals surface area contributed by atoms with E-state index in [0.29, 0.717) is 31.9 Å². The van der Waals surface area contributed by atoms with Gasteiger partial charge in [-0.2, -0.15) is 4.31 Å². The van der Waals surface area contributed by atoms with Crippen molar-refractivity contribution in [2.24, 2.45) is 5.73 Å². The lowest BCUT2D eigenvalue weighted by Crippen LogP contribution is -2.32. The molecule has 0 heterocycles. The van der Waals surface area contributed by atoms with E-state index < -0.39 is 10.0 Å². The van der Waals surface area contributed by atoms with Crippen molar-refractivity contribution in [3.8, 4) is 18.1 Å². The van der Waals surface area contributed by atoms with Crippen LogP contribution >= 0.6 is 0 Å². The molecule has 5 nitrogen and oxygen atoms in total. The summed E-state index contributed by atoms with van der Waals surface area (Å²) >= 11 is 0. The van der Waals surface area contributed by atoms with Gasteiger partial charge in [0.1, 0.15) is 5.75 Å². The van der Waals surface area contributed by atoms with Crippen molar-refractivity contribution >= 4 is 10.0 Å². The second kappa shape index (κ2) is 8.67. The van der Waals surface area contributed by atoms with Crippen molar-refractivity contribution in [3.63, 3.8) is 0 Å². The van der Waals surface area contributed by atoms with Gasteiger partial charge in [0.05, 0.1) is 18.0 Å². The van der Waals surface area contributed by atoms with E-state index in [1.54, 1.807) is 12.1 Å². The summed E-state index contributed by atoms with van der Waals surface area (Å²) in [4.78, 5) is 0.220. The van der Waals surface area contributed by atoms with Crippen LogP contribution in [0.25, 0.3) is 0 Å². The lowest BCUT2D eigenvalue weighted by Gasteiger charge is -2.19. The molecule has 0 unspecified atom stereocenters. The summed E-state index contributed by atoms with van der Waals surface area (Å²) in [7, 11) is -3.55. The van der Waals surface area contributed by atoms with E-state index in [2.05, 4.69) is 5.92 Å². The molecule has 0 spiro atoms. The van der Waals surface area contributed by atoms with E-state index >= 15 is 0 Å². The molecule has 0 saturated carbocycles. The predicted molar refractivity (Wildman–Crippen MR) is 83.5 cm³/mol. The average molecular weight is 310 g/mol. The first-order valence-corrected chi connectivity index (χ1v) is 8.36. The third-order valence-corrected chi connectivity index (χ3v) is 4.68. The Morgan fingerprint density at radius 3 is 2.52 bits per heavy atom. The maximum atomic E-state index is 12.5. The molecule has 0 aliphatic rings. The van der Waals surface area contributed by atoms with Crippen LogP contribution in [0.5, 0.6) is 5.75 Å². The fourth-order valence-electron chi connectivity index (χ4n) is 1.77. The van der Waals surface area contributed by atoms with Crippen LogP contribution in [0, 0.1) is 12.3 Å². The molecule has 0 saturated heterocycles. The third-order valence-electron chi connectivity index (χ3n) is 2.82. The fraction of sp³-hybridized carbons (Fsp3) is 0.467. The van der Waals surface area contributed by atoms with Crippen molar-refractivity contribution in [2.45, 2.75) is 24.7 Å². The van der Waals surface area contributed by atoms with Crippen molar-refractivity contribution < 1.29 is 13.2 Å². The molecule has 0 aliphatic carbocycles. The first-order chi connectivity index (χ1) is 10.1. The van der Waals surface area contributed by atoms with E-state index in [9.17, 15) is 8.42 Å². The van der Waals surface area contributed by atoms with Crippen molar-refractivity contribution in [2.75, 3.05) is 26.2 Å². The summed E-state index contributed by atoms with van der Waals surface area (Å²) in [6, 6.07) is 6.35. The smallest absolute Gasteiger partial charge is 0.243 e. The van der Waals surface area contributed by atoms with Crippen molar-refractivity contribution in [3.05, 3.63) is 24.3 Å². The number of hydrogen-bond donors (Lipinski definition) is 1. The van der Waals surface area contributed by atoms with Gasteiger partial charge < -0.3 is 10.5 Å². The molecule has 0 bridgehead atoms. The Morgan fingerprint density at radius 2 is 2.00 bits per heavy atom. The molecule has 0 aliphatic heterocycles. The number of terminal acetylenes is 1. The second-order valence-electron chi connectivity index (χ2n) is 4.50. The zero-order valence-corrected chi connectivity index (χ0v) is 13.1. The van der Waals surface area contributed by atoms with Crippen LogP contribution in [0.1, 0.15) is 19.8 Å². The van der Waals surface area contributed by atoms with Gasteiger partial charge in [-0.1, -0.05) is 12.8 Å². The van der Waals surface area contributed by atoms with Crippen LogP contribution in [0.3, 0.4) is 0 Å². The van der Waals surface area contributed by atoms with Gasteiger partial charge in [-0.25, -0.2) is 8.42 Å². The highest BCUT2D eigenvalue weighted by Crippen LogP contribution is 2.19. The Morgan fingerprint density at radius 1 is 1.33 bits per heavy atom. The summed E-state index contributed by atoms with van der Waals surface area (Å²) in [5.74, 6) is 3.01. The van der Waals surface area contributed by atoms with E-state index in [0.717, 1.165) is 6.42 Å². The van der Waals surface area contributed by atoms with Gasteiger partial charge >= 0.3 is 0 Å². The maximum absolute atomic E-state index is 12.5. The van der Waals surface area contributed by atoms with E-state index in [1.807, 2.05) is 6.92 Å². The Hall–Kier alpha value is -1.55. The van der Waals surface area contributed by atoms with Gasteiger partial charge in [-0.15, -0.1) is 6.42 Å². The summed E-state index contributed by atoms with van der Waals surface area (Å²) in [5, 5.41) is 0. The molecule has 1 rings (SSSR count). The van der Waals surface area contributed by atoms with E-state index in [-0.39, 0.29) is 11.4 Å². The standard InChI is InChI=1S/C15H22N2O3S/c1-3-11-17(12-4-2)21(18,19)15-8-6-14(7-9-15)20-13-5-10-16/h1,6-9H,4-5,10-13,16H2,2H3. The number of sulfonamides is 1. The Bertz CT molecular complexity index is 562. The number of ether oxygens (including phenoxy) is 1. The number of nitrogens with two attached hydrogens (primary N) is 1. The first kappa shape index (κ1) is 17.5.